The summed E-state index contributed by atoms with van der Waals surface area (Å²) in [6.07, 6.45) is 0.180. The Balaban J connectivity index is 1.68. The van der Waals surface area contributed by atoms with Crippen molar-refractivity contribution in [3.8, 4) is 5.75 Å². The predicted molar refractivity (Wildman–Crippen MR) is 121 cm³/mol. The smallest absolute Gasteiger partial charge is 0.238 e. The molecule has 1 saturated carbocycles. The van der Waals surface area contributed by atoms with Crippen molar-refractivity contribution in [3.05, 3.63) is 58.4 Å². The topological polar surface area (TPSA) is 73.9 Å². The summed E-state index contributed by atoms with van der Waals surface area (Å²) in [5.41, 5.74) is 0.186. The van der Waals surface area contributed by atoms with Crippen LogP contribution in [0.5, 0.6) is 5.75 Å². The van der Waals surface area contributed by atoms with Gasteiger partial charge in [0.05, 0.1) is 30.3 Å². The van der Waals surface area contributed by atoms with Crippen LogP contribution in [0.4, 0.5) is 18.9 Å². The normalized spacial score (nSPS) is 20.9. The summed E-state index contributed by atoms with van der Waals surface area (Å²) in [5, 5.41) is 0. The molecule has 0 radical (unpaired) electrons. The average molecular weight is 500 g/mol. The molecule has 1 saturated heterocycles. The molecule has 1 atom stereocenters. The van der Waals surface area contributed by atoms with Crippen molar-refractivity contribution in [1.29, 1.82) is 0 Å². The predicted octanol–water partition coefficient (Wildman–Crippen LogP) is 4.83. The minimum atomic E-state index is -4.07. The lowest BCUT2D eigenvalue weighted by Gasteiger charge is -2.24. The van der Waals surface area contributed by atoms with Crippen LogP contribution in [0.25, 0.3) is 0 Å². The van der Waals surface area contributed by atoms with Crippen LogP contribution in [-0.4, -0.2) is 38.8 Å². The van der Waals surface area contributed by atoms with Gasteiger partial charge in [0, 0.05) is 18.1 Å². The Labute approximate surface area is 197 Å². The van der Waals surface area contributed by atoms with Crippen LogP contribution >= 0.6 is 0 Å². The fourth-order valence-electron chi connectivity index (χ4n) is 4.32. The van der Waals surface area contributed by atoms with Gasteiger partial charge in [0.1, 0.15) is 11.6 Å². The summed E-state index contributed by atoms with van der Waals surface area (Å²) in [6.45, 7) is 5.47. The van der Waals surface area contributed by atoms with E-state index in [0.717, 1.165) is 6.07 Å². The highest BCUT2D eigenvalue weighted by Crippen LogP contribution is 2.50. The van der Waals surface area contributed by atoms with Gasteiger partial charge in [-0.1, -0.05) is 12.1 Å². The lowest BCUT2D eigenvalue weighted by molar-refractivity contribution is -0.139. The third-order valence-electron chi connectivity index (χ3n) is 6.36. The van der Waals surface area contributed by atoms with Crippen LogP contribution < -0.4 is 9.46 Å². The summed E-state index contributed by atoms with van der Waals surface area (Å²) in [7, 11) is -2.85. The molecule has 186 valence electrons. The van der Waals surface area contributed by atoms with Gasteiger partial charge in [0.2, 0.25) is 10.0 Å². The van der Waals surface area contributed by atoms with Crippen molar-refractivity contribution >= 4 is 15.7 Å². The summed E-state index contributed by atoms with van der Waals surface area (Å²) < 4.78 is 88.5. The molecule has 1 aliphatic heterocycles. The molecule has 34 heavy (non-hydrogen) atoms. The molecule has 2 aromatic rings. The van der Waals surface area contributed by atoms with Crippen molar-refractivity contribution < 1.29 is 35.8 Å². The number of benzene rings is 2. The quantitative estimate of drug-likeness (QED) is 0.563. The number of hydrogen-bond acceptors (Lipinski definition) is 5. The van der Waals surface area contributed by atoms with E-state index in [2.05, 4.69) is 4.72 Å². The second-order valence-corrected chi connectivity index (χ2v) is 11.5. The molecule has 4 rings (SSSR count). The SMILES string of the molecule is COc1cc(F)c(F)c(Cc2ccc(C)cc2F)c1NS(=O)(=O)C1(C[C@H]2COC(C)(C)O2)CC1. The number of nitrogens with one attached hydrogen (secondary N) is 1. The van der Waals surface area contributed by atoms with E-state index in [4.69, 9.17) is 14.2 Å². The van der Waals surface area contributed by atoms with E-state index in [0.29, 0.717) is 18.4 Å². The maximum absolute atomic E-state index is 15.0. The molecule has 0 unspecified atom stereocenters. The second-order valence-electron chi connectivity index (χ2n) is 9.44. The van der Waals surface area contributed by atoms with Crippen LogP contribution in [0.1, 0.15) is 49.8 Å². The standard InChI is InChI=1S/C24H28F3NO5S/c1-14-5-6-15(18(25)9-14)10-17-21(27)19(26)11-20(31-4)22(17)28-34(29,30)24(7-8-24)12-16-13-32-23(2,3)33-16/h5-6,9,11,16,28H,7-8,10,12-13H2,1-4H3/t16-/m0/s1. The summed E-state index contributed by atoms with van der Waals surface area (Å²) in [5.74, 6) is -4.08. The Morgan fingerprint density at radius 3 is 2.41 bits per heavy atom. The van der Waals surface area contributed by atoms with E-state index in [1.54, 1.807) is 26.8 Å². The Kier molecular flexibility index (Phi) is 6.37. The molecule has 1 aliphatic carbocycles. The molecule has 1 heterocycles. The van der Waals surface area contributed by atoms with Crippen LogP contribution in [-0.2, 0) is 25.9 Å². The molecule has 10 heteroatoms. The Hall–Kier alpha value is -2.30. The van der Waals surface area contributed by atoms with E-state index < -0.39 is 44.1 Å². The number of methoxy groups -OCH3 is 1. The number of sulfonamides is 1. The zero-order valence-electron chi connectivity index (χ0n) is 19.5. The first-order chi connectivity index (χ1) is 15.9. The van der Waals surface area contributed by atoms with E-state index >= 15 is 0 Å². The van der Waals surface area contributed by atoms with Crippen molar-refractivity contribution in [2.75, 3.05) is 18.4 Å². The number of anilines is 1. The van der Waals surface area contributed by atoms with Crippen LogP contribution in [0.15, 0.2) is 24.3 Å². The lowest BCUT2D eigenvalue weighted by Crippen LogP contribution is -2.35. The van der Waals surface area contributed by atoms with Gasteiger partial charge in [0.25, 0.3) is 0 Å². The van der Waals surface area contributed by atoms with Gasteiger partial charge >= 0.3 is 0 Å². The van der Waals surface area contributed by atoms with Gasteiger partial charge in [-0.15, -0.1) is 0 Å². The fourth-order valence-corrected chi connectivity index (χ4v) is 6.08. The lowest BCUT2D eigenvalue weighted by atomic mass is 10.0. The van der Waals surface area contributed by atoms with Gasteiger partial charge in [-0.2, -0.15) is 0 Å². The van der Waals surface area contributed by atoms with E-state index in [9.17, 15) is 21.6 Å². The number of halogens is 3. The van der Waals surface area contributed by atoms with Crippen LogP contribution in [0.3, 0.4) is 0 Å². The van der Waals surface area contributed by atoms with Gasteiger partial charge in [0.15, 0.2) is 17.4 Å². The van der Waals surface area contributed by atoms with Gasteiger partial charge in [-0.25, -0.2) is 21.6 Å². The fraction of sp³-hybridized carbons (Fsp3) is 0.500. The Morgan fingerprint density at radius 2 is 1.85 bits per heavy atom. The minimum absolute atomic E-state index is 0.0949. The second kappa shape index (κ2) is 8.73. The van der Waals surface area contributed by atoms with Crippen molar-refractivity contribution in [3.63, 3.8) is 0 Å². The largest absolute Gasteiger partial charge is 0.494 e. The highest BCUT2D eigenvalue weighted by Gasteiger charge is 2.57. The molecule has 2 aliphatic rings. The van der Waals surface area contributed by atoms with E-state index in [1.165, 1.54) is 19.2 Å². The third-order valence-corrected chi connectivity index (χ3v) is 8.55. The molecule has 0 bridgehead atoms. The first-order valence-electron chi connectivity index (χ1n) is 11.0. The van der Waals surface area contributed by atoms with Crippen LogP contribution in [0, 0.1) is 24.4 Å². The van der Waals surface area contributed by atoms with Crippen LogP contribution in [0.2, 0.25) is 0 Å². The first kappa shape index (κ1) is 24.8. The first-order valence-corrected chi connectivity index (χ1v) is 12.5. The van der Waals surface area contributed by atoms with Crippen molar-refractivity contribution in [1.82, 2.24) is 0 Å². The monoisotopic (exact) mass is 499 g/mol. The van der Waals surface area contributed by atoms with Crippen molar-refractivity contribution in [2.24, 2.45) is 0 Å². The van der Waals surface area contributed by atoms with Gasteiger partial charge < -0.3 is 14.2 Å². The van der Waals surface area contributed by atoms with E-state index in [1.807, 2.05) is 0 Å². The zero-order chi connectivity index (χ0) is 24.9. The number of ether oxygens (including phenoxy) is 3. The molecule has 0 spiro atoms. The molecule has 0 aromatic heterocycles. The molecule has 2 fully saturated rings. The molecule has 0 amide bonds. The van der Waals surface area contributed by atoms with Gasteiger partial charge in [-0.3, -0.25) is 4.72 Å². The molecular weight excluding hydrogens is 471 g/mol. The number of rotatable bonds is 8. The summed E-state index contributed by atoms with van der Waals surface area (Å²) in [4.78, 5) is 0. The third kappa shape index (κ3) is 4.76. The maximum Gasteiger partial charge on any atom is 0.238 e. The molecule has 1 N–H and O–H groups in total. The highest BCUT2D eigenvalue weighted by atomic mass is 32.2. The molecule has 6 nitrogen and oxygen atoms in total. The van der Waals surface area contributed by atoms with E-state index in [-0.39, 0.29) is 42.0 Å². The number of aryl methyl sites for hydroxylation is 1. The molecule has 2 aromatic carbocycles. The van der Waals surface area contributed by atoms with Crippen molar-refractivity contribution in [2.45, 2.75) is 63.1 Å². The Morgan fingerprint density at radius 1 is 1.15 bits per heavy atom. The zero-order valence-corrected chi connectivity index (χ0v) is 20.3. The minimum Gasteiger partial charge on any atom is -0.494 e. The highest BCUT2D eigenvalue weighted by molar-refractivity contribution is 7.94. The average Bonchev–Trinajstić information content (AvgIpc) is 3.46. The summed E-state index contributed by atoms with van der Waals surface area (Å²) >= 11 is 0. The maximum atomic E-state index is 15.0. The summed E-state index contributed by atoms with van der Waals surface area (Å²) in [6, 6.07) is 5.15. The van der Waals surface area contributed by atoms with Gasteiger partial charge in [-0.05, 0) is 57.2 Å². The Bertz CT molecular complexity index is 1210. The number of hydrogen-bond donors (Lipinski definition) is 1. The molecular formula is C24H28F3NO5S.